The first-order chi connectivity index (χ1) is 14.8. The first-order valence-corrected chi connectivity index (χ1v) is 11.5. The number of halogens is 1. The SMILES string of the molecule is CNC1CCN(c2cc3c(cc2C#N)C(=O)c2c([nH]c4cc(Br)ccc24)C3(C)C)CC1. The van der Waals surface area contributed by atoms with Crippen LogP contribution in [0.3, 0.4) is 0 Å². The summed E-state index contributed by atoms with van der Waals surface area (Å²) in [4.78, 5) is 19.4. The summed E-state index contributed by atoms with van der Waals surface area (Å²) in [5.74, 6) is -0.00478. The van der Waals surface area contributed by atoms with Gasteiger partial charge in [0.25, 0.3) is 0 Å². The Bertz CT molecular complexity index is 1260. The number of rotatable bonds is 2. The number of H-pyrrole nitrogens is 1. The second-order valence-electron chi connectivity index (χ2n) is 9.10. The molecule has 1 aromatic heterocycles. The number of carbonyl (C=O) groups excluding carboxylic acids is 1. The molecular formula is C25H25BrN4O. The zero-order valence-electron chi connectivity index (χ0n) is 18.0. The van der Waals surface area contributed by atoms with E-state index >= 15 is 0 Å². The smallest absolute Gasteiger partial charge is 0.195 e. The molecule has 3 aromatic rings. The first kappa shape index (κ1) is 20.3. The third-order valence-electron chi connectivity index (χ3n) is 7.03. The van der Waals surface area contributed by atoms with Crippen molar-refractivity contribution in [3.8, 4) is 6.07 Å². The number of carbonyl (C=O) groups is 1. The molecule has 6 heteroatoms. The Labute approximate surface area is 190 Å². The largest absolute Gasteiger partial charge is 0.370 e. The van der Waals surface area contributed by atoms with Crippen LogP contribution in [0.4, 0.5) is 5.69 Å². The highest BCUT2D eigenvalue weighted by atomic mass is 79.9. The van der Waals surface area contributed by atoms with Crippen molar-refractivity contribution in [3.05, 3.63) is 62.8 Å². The summed E-state index contributed by atoms with van der Waals surface area (Å²) in [5, 5.41) is 14.2. The normalized spacial score (nSPS) is 18.0. The van der Waals surface area contributed by atoms with Crippen LogP contribution in [0.2, 0.25) is 0 Å². The van der Waals surface area contributed by atoms with Gasteiger partial charge in [-0.15, -0.1) is 0 Å². The molecule has 158 valence electrons. The zero-order chi connectivity index (χ0) is 21.9. The summed E-state index contributed by atoms with van der Waals surface area (Å²) >= 11 is 3.53. The Hall–Kier alpha value is -2.62. The van der Waals surface area contributed by atoms with Crippen LogP contribution >= 0.6 is 15.9 Å². The van der Waals surface area contributed by atoms with Crippen molar-refractivity contribution >= 4 is 38.3 Å². The minimum absolute atomic E-state index is 0.00478. The first-order valence-electron chi connectivity index (χ1n) is 10.7. The number of fused-ring (bicyclic) bond motifs is 4. The Morgan fingerprint density at radius 3 is 2.65 bits per heavy atom. The summed E-state index contributed by atoms with van der Waals surface area (Å²) in [6.07, 6.45) is 2.09. The number of aromatic amines is 1. The maximum absolute atomic E-state index is 13.6. The van der Waals surface area contributed by atoms with Gasteiger partial charge in [0.15, 0.2) is 5.78 Å². The van der Waals surface area contributed by atoms with Gasteiger partial charge < -0.3 is 15.2 Å². The maximum atomic E-state index is 13.6. The molecule has 1 aliphatic carbocycles. The molecule has 2 aliphatic rings. The predicted octanol–water partition coefficient (Wildman–Crippen LogP) is 4.86. The highest BCUT2D eigenvalue weighted by molar-refractivity contribution is 9.10. The molecule has 0 unspecified atom stereocenters. The van der Waals surface area contributed by atoms with Gasteiger partial charge in [-0.1, -0.05) is 35.8 Å². The summed E-state index contributed by atoms with van der Waals surface area (Å²) in [5.41, 5.74) is 5.40. The van der Waals surface area contributed by atoms with E-state index in [2.05, 4.69) is 57.1 Å². The van der Waals surface area contributed by atoms with Gasteiger partial charge in [0.05, 0.1) is 16.8 Å². The molecule has 1 saturated heterocycles. The van der Waals surface area contributed by atoms with E-state index in [0.29, 0.717) is 17.2 Å². The molecule has 0 atom stereocenters. The molecule has 5 rings (SSSR count). The second kappa shape index (κ2) is 7.22. The lowest BCUT2D eigenvalue weighted by Crippen LogP contribution is -2.41. The third kappa shape index (κ3) is 3.02. The Balaban J connectivity index is 1.67. The van der Waals surface area contributed by atoms with Gasteiger partial charge in [0.2, 0.25) is 0 Å². The van der Waals surface area contributed by atoms with Crippen molar-refractivity contribution in [2.45, 2.75) is 38.1 Å². The van der Waals surface area contributed by atoms with Crippen molar-refractivity contribution in [3.63, 3.8) is 0 Å². The molecular weight excluding hydrogens is 452 g/mol. The van der Waals surface area contributed by atoms with Crippen molar-refractivity contribution in [1.82, 2.24) is 10.3 Å². The molecule has 0 amide bonds. The molecule has 1 aliphatic heterocycles. The average Bonchev–Trinajstić information content (AvgIpc) is 3.16. The quantitative estimate of drug-likeness (QED) is 0.553. The van der Waals surface area contributed by atoms with Gasteiger partial charge in [-0.05, 0) is 49.7 Å². The molecule has 31 heavy (non-hydrogen) atoms. The lowest BCUT2D eigenvalue weighted by Gasteiger charge is -2.37. The van der Waals surface area contributed by atoms with Gasteiger partial charge in [-0.25, -0.2) is 0 Å². The van der Waals surface area contributed by atoms with Crippen molar-refractivity contribution in [1.29, 1.82) is 5.26 Å². The predicted molar refractivity (Wildman–Crippen MR) is 127 cm³/mol. The monoisotopic (exact) mass is 476 g/mol. The summed E-state index contributed by atoms with van der Waals surface area (Å²) in [7, 11) is 2.00. The number of nitriles is 1. The molecule has 1 fully saturated rings. The number of ketones is 1. The Kier molecular flexibility index (Phi) is 4.72. The minimum atomic E-state index is -0.379. The van der Waals surface area contributed by atoms with Gasteiger partial charge in [0, 0.05) is 51.2 Å². The van der Waals surface area contributed by atoms with E-state index in [9.17, 15) is 10.1 Å². The fourth-order valence-electron chi connectivity index (χ4n) is 5.20. The van der Waals surface area contributed by atoms with Crippen LogP contribution in [0.15, 0.2) is 34.8 Å². The summed E-state index contributed by atoms with van der Waals surface area (Å²) < 4.78 is 0.973. The van der Waals surface area contributed by atoms with Gasteiger partial charge in [-0.2, -0.15) is 5.26 Å². The van der Waals surface area contributed by atoms with Crippen LogP contribution in [-0.2, 0) is 5.41 Å². The maximum Gasteiger partial charge on any atom is 0.195 e. The van der Waals surface area contributed by atoms with E-state index in [1.54, 1.807) is 0 Å². The molecule has 2 heterocycles. The third-order valence-corrected chi connectivity index (χ3v) is 7.52. The Morgan fingerprint density at radius 2 is 1.97 bits per heavy atom. The molecule has 0 bridgehead atoms. The molecule has 5 nitrogen and oxygen atoms in total. The Morgan fingerprint density at radius 1 is 1.23 bits per heavy atom. The van der Waals surface area contributed by atoms with Crippen LogP contribution < -0.4 is 10.2 Å². The lowest BCUT2D eigenvalue weighted by atomic mass is 9.70. The number of anilines is 1. The van der Waals surface area contributed by atoms with Crippen molar-refractivity contribution in [2.24, 2.45) is 0 Å². The zero-order valence-corrected chi connectivity index (χ0v) is 19.6. The average molecular weight is 477 g/mol. The molecule has 0 radical (unpaired) electrons. The van der Waals surface area contributed by atoms with Crippen LogP contribution in [0.5, 0.6) is 0 Å². The van der Waals surface area contributed by atoms with E-state index in [1.165, 1.54) is 0 Å². The number of nitrogens with one attached hydrogen (secondary N) is 2. The van der Waals surface area contributed by atoms with Crippen LogP contribution in [0.1, 0.15) is 59.4 Å². The van der Waals surface area contributed by atoms with Gasteiger partial charge in [-0.3, -0.25) is 4.79 Å². The highest BCUT2D eigenvalue weighted by Gasteiger charge is 2.40. The van der Waals surface area contributed by atoms with Crippen molar-refractivity contribution in [2.75, 3.05) is 25.0 Å². The van der Waals surface area contributed by atoms with E-state index < -0.39 is 0 Å². The van der Waals surface area contributed by atoms with E-state index in [4.69, 9.17) is 0 Å². The number of nitrogens with zero attached hydrogens (tertiary/aromatic N) is 2. The number of hydrogen-bond donors (Lipinski definition) is 2. The summed E-state index contributed by atoms with van der Waals surface area (Å²) in [6.45, 7) is 6.12. The number of hydrogen-bond acceptors (Lipinski definition) is 4. The lowest BCUT2D eigenvalue weighted by molar-refractivity contribution is 0.103. The molecule has 2 N–H and O–H groups in total. The van der Waals surface area contributed by atoms with E-state index in [1.807, 2.05) is 31.3 Å². The van der Waals surface area contributed by atoms with Crippen LogP contribution in [0.25, 0.3) is 10.9 Å². The highest BCUT2D eigenvalue weighted by Crippen LogP contribution is 2.46. The standard InChI is InChI=1S/C25H25BrN4O/c1-25(2)19-12-21(30-8-6-16(28-3)7-9-30)14(13-27)10-18(19)23(31)22-17-5-4-15(26)11-20(17)29-24(22)25/h4-5,10-12,16,28-29H,6-9H2,1-3H3. The minimum Gasteiger partial charge on any atom is -0.370 e. The second-order valence-corrected chi connectivity index (χ2v) is 10.0. The van der Waals surface area contributed by atoms with Gasteiger partial charge >= 0.3 is 0 Å². The van der Waals surface area contributed by atoms with E-state index in [-0.39, 0.29) is 11.2 Å². The summed E-state index contributed by atoms with van der Waals surface area (Å²) in [6, 6.07) is 12.7. The van der Waals surface area contributed by atoms with Crippen LogP contribution in [0, 0.1) is 11.3 Å². The fraction of sp³-hybridized carbons (Fsp3) is 0.360. The molecule has 0 saturated carbocycles. The van der Waals surface area contributed by atoms with Crippen LogP contribution in [-0.4, -0.2) is 36.9 Å². The number of piperidine rings is 1. The molecule has 0 spiro atoms. The van der Waals surface area contributed by atoms with Crippen molar-refractivity contribution < 1.29 is 4.79 Å². The molecule has 2 aromatic carbocycles. The number of benzene rings is 2. The van der Waals surface area contributed by atoms with Gasteiger partial charge in [0.1, 0.15) is 6.07 Å². The number of aromatic nitrogens is 1. The van der Waals surface area contributed by atoms with E-state index in [0.717, 1.165) is 63.8 Å². The topological polar surface area (TPSA) is 71.9 Å². The fourth-order valence-corrected chi connectivity index (χ4v) is 5.56.